The number of aromatic hydroxyl groups is 3. The molecule has 4 N–H and O–H groups in total. The van der Waals surface area contributed by atoms with Crippen LogP contribution in [0, 0.1) is 33.1 Å². The van der Waals surface area contributed by atoms with Gasteiger partial charge in [-0.25, -0.2) is 4.79 Å². The van der Waals surface area contributed by atoms with Crippen LogP contribution in [0.1, 0.15) is 90.3 Å². The number of aromatic carboxylic acids is 1. The summed E-state index contributed by atoms with van der Waals surface area (Å²) in [6, 6.07) is 9.05. The van der Waals surface area contributed by atoms with Crippen molar-refractivity contribution in [3.05, 3.63) is 74.8 Å². The van der Waals surface area contributed by atoms with Crippen molar-refractivity contribution < 1.29 is 25.2 Å². The highest BCUT2D eigenvalue weighted by Gasteiger charge is 2.30. The highest BCUT2D eigenvalue weighted by Crippen LogP contribution is 2.43. The van der Waals surface area contributed by atoms with E-state index in [0.717, 1.165) is 28.7 Å². The van der Waals surface area contributed by atoms with Gasteiger partial charge in [-0.2, -0.15) is 0 Å². The average molecular weight is 505 g/mol. The predicted molar refractivity (Wildman–Crippen MR) is 149 cm³/mol. The number of aryl methyl sites for hydroxylation is 3. The topological polar surface area (TPSA) is 98.0 Å². The number of carboxylic acid groups (broad SMARTS) is 1. The average Bonchev–Trinajstić information content (AvgIpc) is 2.76. The van der Waals surface area contributed by atoms with E-state index < -0.39 is 5.97 Å². The molecular weight excluding hydrogens is 464 g/mol. The van der Waals surface area contributed by atoms with E-state index in [9.17, 15) is 25.2 Å². The molecule has 0 saturated heterocycles. The molecule has 0 heterocycles. The zero-order chi connectivity index (χ0) is 28.0. The molecule has 0 aliphatic rings. The maximum atomic E-state index is 12.1. The minimum atomic E-state index is -1.19. The standard InChI is InChI=1S/C32H40O5/c1-17-12-25(21-10-18(2)27(33)19(3)11-21)29(35)24(20(17)4)14-22-13-23(15-26(28(22)34)30(36)37)32(8,9)16-31(5,6)7/h10-13,15,33-35H,14,16H2,1-9H3,(H,36,37). The number of hydrogen-bond acceptors (Lipinski definition) is 4. The van der Waals surface area contributed by atoms with Crippen LogP contribution < -0.4 is 0 Å². The fourth-order valence-electron chi connectivity index (χ4n) is 5.52. The van der Waals surface area contributed by atoms with E-state index in [1.165, 1.54) is 0 Å². The highest BCUT2D eigenvalue weighted by atomic mass is 16.4. The van der Waals surface area contributed by atoms with E-state index in [0.29, 0.717) is 27.8 Å². The van der Waals surface area contributed by atoms with Crippen molar-refractivity contribution in [2.45, 2.75) is 80.6 Å². The number of phenolic OH excluding ortho intramolecular Hbond substituents is 2. The molecule has 3 rings (SSSR count). The monoisotopic (exact) mass is 504 g/mol. The van der Waals surface area contributed by atoms with Crippen LogP contribution in [0.4, 0.5) is 0 Å². The molecule has 0 amide bonds. The highest BCUT2D eigenvalue weighted by molar-refractivity contribution is 5.92. The number of carboxylic acids is 1. The molecular formula is C32H40O5. The number of benzene rings is 3. The summed E-state index contributed by atoms with van der Waals surface area (Å²) in [6.45, 7) is 18.1. The summed E-state index contributed by atoms with van der Waals surface area (Å²) in [5.41, 5.74) is 6.17. The van der Waals surface area contributed by atoms with E-state index in [2.05, 4.69) is 34.6 Å². The van der Waals surface area contributed by atoms with Crippen LogP contribution in [0.2, 0.25) is 0 Å². The third-order valence-electron chi connectivity index (χ3n) is 7.29. The zero-order valence-electron chi connectivity index (χ0n) is 23.5. The fourth-order valence-corrected chi connectivity index (χ4v) is 5.52. The number of phenols is 3. The molecule has 0 unspecified atom stereocenters. The Morgan fingerprint density at radius 1 is 0.757 bits per heavy atom. The molecule has 0 bridgehead atoms. The Kier molecular flexibility index (Phi) is 7.42. The quantitative estimate of drug-likeness (QED) is 0.276. The Morgan fingerprint density at radius 3 is 1.84 bits per heavy atom. The lowest BCUT2D eigenvalue weighted by atomic mass is 9.71. The van der Waals surface area contributed by atoms with Crippen LogP contribution in [0.3, 0.4) is 0 Å². The Labute approximate surface area is 220 Å². The lowest BCUT2D eigenvalue weighted by Crippen LogP contribution is -2.25. The van der Waals surface area contributed by atoms with Gasteiger partial charge < -0.3 is 20.4 Å². The van der Waals surface area contributed by atoms with Gasteiger partial charge in [0, 0.05) is 17.5 Å². The molecule has 0 spiro atoms. The van der Waals surface area contributed by atoms with Crippen molar-refractivity contribution in [2.24, 2.45) is 5.41 Å². The third kappa shape index (κ3) is 5.76. The first-order valence-corrected chi connectivity index (χ1v) is 12.6. The van der Waals surface area contributed by atoms with Crippen LogP contribution >= 0.6 is 0 Å². The molecule has 3 aromatic rings. The lowest BCUT2D eigenvalue weighted by molar-refractivity contribution is 0.0693. The third-order valence-corrected chi connectivity index (χ3v) is 7.29. The van der Waals surface area contributed by atoms with Crippen molar-refractivity contribution in [2.75, 3.05) is 0 Å². The fraction of sp³-hybridized carbons (Fsp3) is 0.406. The Hall–Kier alpha value is -3.47. The van der Waals surface area contributed by atoms with Crippen molar-refractivity contribution in [3.8, 4) is 28.4 Å². The summed E-state index contributed by atoms with van der Waals surface area (Å²) in [6.07, 6.45) is 0.996. The summed E-state index contributed by atoms with van der Waals surface area (Å²) in [5.74, 6) is -1.15. The van der Waals surface area contributed by atoms with Gasteiger partial charge in [-0.3, -0.25) is 0 Å². The van der Waals surface area contributed by atoms with Crippen LogP contribution in [0.5, 0.6) is 17.2 Å². The second kappa shape index (κ2) is 9.77. The molecule has 0 saturated carbocycles. The van der Waals surface area contributed by atoms with Crippen molar-refractivity contribution >= 4 is 5.97 Å². The second-order valence-corrected chi connectivity index (χ2v) is 12.3. The van der Waals surface area contributed by atoms with Gasteiger partial charge in [0.25, 0.3) is 0 Å². The van der Waals surface area contributed by atoms with E-state index in [1.807, 2.05) is 52.0 Å². The van der Waals surface area contributed by atoms with E-state index in [4.69, 9.17) is 0 Å². The van der Waals surface area contributed by atoms with E-state index in [-0.39, 0.29) is 40.1 Å². The predicted octanol–water partition coefficient (Wildman–Crippen LogP) is 7.71. The summed E-state index contributed by atoms with van der Waals surface area (Å²) >= 11 is 0. The molecule has 0 aliphatic heterocycles. The zero-order valence-corrected chi connectivity index (χ0v) is 23.5. The molecule has 0 radical (unpaired) electrons. The first-order chi connectivity index (χ1) is 16.9. The minimum Gasteiger partial charge on any atom is -0.507 e. The maximum absolute atomic E-state index is 12.1. The van der Waals surface area contributed by atoms with E-state index in [1.54, 1.807) is 6.07 Å². The van der Waals surface area contributed by atoms with E-state index >= 15 is 0 Å². The van der Waals surface area contributed by atoms with Gasteiger partial charge in [0.1, 0.15) is 22.8 Å². The number of hydrogen-bond donors (Lipinski definition) is 4. The van der Waals surface area contributed by atoms with Gasteiger partial charge in [-0.15, -0.1) is 0 Å². The molecule has 37 heavy (non-hydrogen) atoms. The van der Waals surface area contributed by atoms with Crippen molar-refractivity contribution in [1.29, 1.82) is 0 Å². The van der Waals surface area contributed by atoms with Crippen LogP contribution in [-0.2, 0) is 11.8 Å². The van der Waals surface area contributed by atoms with Crippen molar-refractivity contribution in [3.63, 3.8) is 0 Å². The molecule has 0 atom stereocenters. The lowest BCUT2D eigenvalue weighted by Gasteiger charge is -2.33. The molecule has 3 aromatic carbocycles. The van der Waals surface area contributed by atoms with Gasteiger partial charge >= 0.3 is 5.97 Å². The second-order valence-electron chi connectivity index (χ2n) is 12.3. The number of carbonyl (C=O) groups is 1. The number of rotatable bonds is 6. The van der Waals surface area contributed by atoms with Crippen LogP contribution in [0.15, 0.2) is 30.3 Å². The summed E-state index contributed by atoms with van der Waals surface area (Å²) in [4.78, 5) is 12.1. The largest absolute Gasteiger partial charge is 0.507 e. The van der Waals surface area contributed by atoms with Gasteiger partial charge in [0.05, 0.1) is 0 Å². The molecule has 5 heteroatoms. The first-order valence-electron chi connectivity index (χ1n) is 12.6. The maximum Gasteiger partial charge on any atom is 0.339 e. The first kappa shape index (κ1) is 28.1. The molecule has 0 fully saturated rings. The van der Waals surface area contributed by atoms with Gasteiger partial charge in [0.2, 0.25) is 0 Å². The summed E-state index contributed by atoms with van der Waals surface area (Å²) < 4.78 is 0. The normalized spacial score (nSPS) is 12.1. The smallest absolute Gasteiger partial charge is 0.339 e. The van der Waals surface area contributed by atoms with Crippen LogP contribution in [-0.4, -0.2) is 26.4 Å². The molecule has 0 aliphatic carbocycles. The molecule has 0 aromatic heterocycles. The Morgan fingerprint density at radius 2 is 1.32 bits per heavy atom. The summed E-state index contributed by atoms with van der Waals surface area (Å²) in [7, 11) is 0. The van der Waals surface area contributed by atoms with Crippen molar-refractivity contribution in [1.82, 2.24) is 0 Å². The SMILES string of the molecule is Cc1cc(-c2cc(C)c(O)c(C)c2)c(O)c(Cc2cc(C(C)(C)CC(C)(C)C)cc(C(=O)O)c2O)c1C. The van der Waals surface area contributed by atoms with Crippen LogP contribution in [0.25, 0.3) is 11.1 Å². The minimum absolute atomic E-state index is 0.0195. The molecule has 198 valence electrons. The van der Waals surface area contributed by atoms with Gasteiger partial charge in [-0.05, 0) is 108 Å². The van der Waals surface area contributed by atoms with Gasteiger partial charge in [0.15, 0.2) is 0 Å². The van der Waals surface area contributed by atoms with Gasteiger partial charge in [-0.1, -0.05) is 40.7 Å². The Bertz CT molecular complexity index is 1350. The Balaban J connectivity index is 2.22. The summed E-state index contributed by atoms with van der Waals surface area (Å²) in [5, 5.41) is 42.5. The molecule has 5 nitrogen and oxygen atoms in total.